The number of nitrogens with one attached hydrogen (secondary N) is 2. The van der Waals surface area contributed by atoms with E-state index in [4.69, 9.17) is 16.2 Å². The van der Waals surface area contributed by atoms with Gasteiger partial charge in [0.05, 0.1) is 12.8 Å². The minimum absolute atomic E-state index is 0.275. The third kappa shape index (κ3) is 12.9. The molecule has 0 saturated carbocycles. The van der Waals surface area contributed by atoms with Crippen molar-refractivity contribution in [3.05, 3.63) is 0 Å². The van der Waals surface area contributed by atoms with Crippen molar-refractivity contribution in [2.75, 3.05) is 13.1 Å². The average Bonchev–Trinajstić information content (AvgIpc) is 2.59. The second-order valence-corrected chi connectivity index (χ2v) is 6.51. The van der Waals surface area contributed by atoms with Crippen molar-refractivity contribution in [3.8, 4) is 0 Å². The number of unbranched alkanes of at least 4 members (excludes halogenated alkanes) is 4. The molecule has 2 amide bonds. The molecule has 27 heavy (non-hydrogen) atoms. The lowest BCUT2D eigenvalue weighted by Crippen LogP contribution is -2.46. The topological polar surface area (TPSA) is 154 Å². The van der Waals surface area contributed by atoms with Crippen LogP contribution in [0.4, 0.5) is 0 Å². The summed E-state index contributed by atoms with van der Waals surface area (Å²) in [5.41, 5.74) is 10.3. The van der Waals surface area contributed by atoms with Gasteiger partial charge in [0.25, 0.3) is 0 Å². The summed E-state index contributed by atoms with van der Waals surface area (Å²) in [4.78, 5) is 46.9. The van der Waals surface area contributed by atoms with Crippen LogP contribution in [0.5, 0.6) is 0 Å². The fourth-order valence-electron chi connectivity index (χ4n) is 2.42. The van der Waals surface area contributed by atoms with Gasteiger partial charge in [-0.15, -0.1) is 0 Å². The van der Waals surface area contributed by atoms with E-state index >= 15 is 0 Å². The third-order valence-corrected chi connectivity index (χ3v) is 3.92. The molecular formula is C18H34N4O5. The first-order chi connectivity index (χ1) is 12.8. The number of hydrogen-bond donors (Lipinski definition) is 4. The van der Waals surface area contributed by atoms with Crippen LogP contribution >= 0.6 is 0 Å². The molecule has 9 heteroatoms. The molecule has 0 rings (SSSR count). The van der Waals surface area contributed by atoms with E-state index in [1.54, 1.807) is 0 Å². The van der Waals surface area contributed by atoms with E-state index in [0.29, 0.717) is 13.1 Å². The Labute approximate surface area is 160 Å². The minimum atomic E-state index is -1.00. The molecule has 2 unspecified atom stereocenters. The van der Waals surface area contributed by atoms with Crippen molar-refractivity contribution in [1.82, 2.24) is 10.6 Å². The number of ether oxygens (including phenoxy) is 1. The lowest BCUT2D eigenvalue weighted by atomic mass is 10.1. The molecule has 0 aliphatic heterocycles. The van der Waals surface area contributed by atoms with Gasteiger partial charge in [0.2, 0.25) is 11.8 Å². The summed E-state index contributed by atoms with van der Waals surface area (Å²) < 4.78 is 4.87. The zero-order chi connectivity index (χ0) is 20.7. The van der Waals surface area contributed by atoms with Crippen molar-refractivity contribution in [3.63, 3.8) is 0 Å². The van der Waals surface area contributed by atoms with Crippen molar-refractivity contribution in [2.24, 2.45) is 11.5 Å². The molecule has 0 aliphatic rings. The number of amides is 2. The van der Waals surface area contributed by atoms with E-state index in [1.807, 2.05) is 13.8 Å². The summed E-state index contributed by atoms with van der Waals surface area (Å²) in [6.07, 6.45) is 5.02. The zero-order valence-electron chi connectivity index (χ0n) is 16.4. The van der Waals surface area contributed by atoms with Crippen LogP contribution in [0.15, 0.2) is 0 Å². The standard InChI is InChI=1S/C18H34N4O5/c1-3-5-7-9-21-13(11-15(19)23)17(25)27-18(26)14(12-16(20)24)22-10-8-6-4-2/h13-14,21-22H,3-12H2,1-2H3,(H2,19,23)(H2,20,24). The monoisotopic (exact) mass is 386 g/mol. The number of carbonyl (C=O) groups is 4. The molecule has 156 valence electrons. The highest BCUT2D eigenvalue weighted by Crippen LogP contribution is 2.03. The minimum Gasteiger partial charge on any atom is -0.391 e. The highest BCUT2D eigenvalue weighted by molar-refractivity contribution is 5.94. The smallest absolute Gasteiger partial charge is 0.331 e. The van der Waals surface area contributed by atoms with Gasteiger partial charge in [0, 0.05) is 0 Å². The molecule has 0 spiro atoms. The van der Waals surface area contributed by atoms with Gasteiger partial charge in [-0.05, 0) is 25.9 Å². The van der Waals surface area contributed by atoms with E-state index < -0.39 is 35.8 Å². The number of rotatable bonds is 16. The van der Waals surface area contributed by atoms with Crippen LogP contribution in [0.2, 0.25) is 0 Å². The lowest BCUT2D eigenvalue weighted by Gasteiger charge is -2.19. The second kappa shape index (κ2) is 15.1. The first-order valence-electron chi connectivity index (χ1n) is 9.60. The van der Waals surface area contributed by atoms with Crippen molar-refractivity contribution < 1.29 is 23.9 Å². The Kier molecular flexibility index (Phi) is 14.0. The largest absolute Gasteiger partial charge is 0.391 e. The van der Waals surface area contributed by atoms with Gasteiger partial charge in [-0.2, -0.15) is 0 Å². The van der Waals surface area contributed by atoms with E-state index in [0.717, 1.165) is 38.5 Å². The Balaban J connectivity index is 4.76. The highest BCUT2D eigenvalue weighted by Gasteiger charge is 2.29. The number of nitrogens with two attached hydrogens (primary N) is 2. The van der Waals surface area contributed by atoms with Crippen LogP contribution in [0.1, 0.15) is 65.2 Å². The molecule has 0 aromatic heterocycles. The van der Waals surface area contributed by atoms with Crippen molar-refractivity contribution in [2.45, 2.75) is 77.3 Å². The normalized spacial score (nSPS) is 13.0. The van der Waals surface area contributed by atoms with Crippen LogP contribution < -0.4 is 22.1 Å². The van der Waals surface area contributed by atoms with Gasteiger partial charge in [-0.25, -0.2) is 9.59 Å². The maximum Gasteiger partial charge on any atom is 0.331 e. The molecule has 0 aromatic rings. The van der Waals surface area contributed by atoms with Crippen molar-refractivity contribution in [1.29, 1.82) is 0 Å². The highest BCUT2D eigenvalue weighted by atomic mass is 16.6. The molecule has 0 aromatic carbocycles. The third-order valence-electron chi connectivity index (χ3n) is 3.92. The first kappa shape index (κ1) is 25.0. The maximum absolute atomic E-state index is 12.3. The molecule has 0 heterocycles. The van der Waals surface area contributed by atoms with E-state index in [1.165, 1.54) is 0 Å². The Morgan fingerprint density at radius 1 is 0.741 bits per heavy atom. The summed E-state index contributed by atoms with van der Waals surface area (Å²) in [5.74, 6) is -3.14. The number of carbonyl (C=O) groups excluding carboxylic acids is 4. The second-order valence-electron chi connectivity index (χ2n) is 6.51. The first-order valence-corrected chi connectivity index (χ1v) is 9.60. The number of primary amides is 2. The molecule has 0 aliphatic carbocycles. The van der Waals surface area contributed by atoms with Gasteiger partial charge >= 0.3 is 11.9 Å². The number of esters is 2. The molecule has 0 fully saturated rings. The fourth-order valence-corrected chi connectivity index (χ4v) is 2.42. The Hall–Kier alpha value is -2.00. The van der Waals surface area contributed by atoms with Crippen LogP contribution in [0.25, 0.3) is 0 Å². The molecule has 0 radical (unpaired) electrons. The van der Waals surface area contributed by atoms with Crippen LogP contribution in [-0.2, 0) is 23.9 Å². The Morgan fingerprint density at radius 3 is 1.41 bits per heavy atom. The SMILES string of the molecule is CCCCCNC(CC(N)=O)C(=O)OC(=O)C(CC(N)=O)NCCCCC. The molecule has 0 bridgehead atoms. The maximum atomic E-state index is 12.3. The van der Waals surface area contributed by atoms with Crippen LogP contribution in [0, 0.1) is 0 Å². The Bertz CT molecular complexity index is 442. The molecule has 9 nitrogen and oxygen atoms in total. The predicted molar refractivity (Wildman–Crippen MR) is 101 cm³/mol. The van der Waals surface area contributed by atoms with Gasteiger partial charge in [0.1, 0.15) is 12.1 Å². The van der Waals surface area contributed by atoms with E-state index in [9.17, 15) is 19.2 Å². The Morgan fingerprint density at radius 2 is 1.11 bits per heavy atom. The molecular weight excluding hydrogens is 352 g/mol. The molecule has 2 atom stereocenters. The summed E-state index contributed by atoms with van der Waals surface area (Å²) in [7, 11) is 0. The van der Waals surface area contributed by atoms with Gasteiger partial charge in [-0.1, -0.05) is 39.5 Å². The molecule has 6 N–H and O–H groups in total. The molecule has 0 saturated heterocycles. The quantitative estimate of drug-likeness (QED) is 0.167. The van der Waals surface area contributed by atoms with Gasteiger partial charge < -0.3 is 26.8 Å². The summed E-state index contributed by atoms with van der Waals surface area (Å²) in [6.45, 7) is 5.07. The van der Waals surface area contributed by atoms with E-state index in [-0.39, 0.29) is 12.8 Å². The fraction of sp³-hybridized carbons (Fsp3) is 0.778. The lowest BCUT2D eigenvalue weighted by molar-refractivity contribution is -0.163. The van der Waals surface area contributed by atoms with Gasteiger partial charge in [0.15, 0.2) is 0 Å². The van der Waals surface area contributed by atoms with Crippen molar-refractivity contribution >= 4 is 23.8 Å². The summed E-state index contributed by atoms with van der Waals surface area (Å²) in [6, 6.07) is -2.00. The van der Waals surface area contributed by atoms with Gasteiger partial charge in [-0.3, -0.25) is 9.59 Å². The van der Waals surface area contributed by atoms with E-state index in [2.05, 4.69) is 10.6 Å². The predicted octanol–water partition coefficient (Wildman–Crippen LogP) is 0.104. The summed E-state index contributed by atoms with van der Waals surface area (Å²) >= 11 is 0. The number of hydrogen-bond acceptors (Lipinski definition) is 7. The van der Waals surface area contributed by atoms with Crippen LogP contribution in [0.3, 0.4) is 0 Å². The zero-order valence-corrected chi connectivity index (χ0v) is 16.4. The average molecular weight is 386 g/mol. The van der Waals surface area contributed by atoms with Crippen LogP contribution in [-0.4, -0.2) is 48.9 Å². The summed E-state index contributed by atoms with van der Waals surface area (Å²) in [5, 5.41) is 5.78.